The van der Waals surface area contributed by atoms with E-state index < -0.39 is 29.9 Å². The van der Waals surface area contributed by atoms with Crippen LogP contribution in [0.4, 0.5) is 0 Å². The number of carboxylic acid groups (broad SMARTS) is 1. The molecule has 5 N–H and O–H groups in total. The number of aromatic nitrogens is 2. The highest BCUT2D eigenvalue weighted by Crippen LogP contribution is 2.26. The van der Waals surface area contributed by atoms with Gasteiger partial charge in [-0.25, -0.2) is 4.98 Å². The van der Waals surface area contributed by atoms with Crippen molar-refractivity contribution in [1.29, 1.82) is 0 Å². The number of aryl methyl sites for hydroxylation is 1. The van der Waals surface area contributed by atoms with E-state index in [1.807, 2.05) is 13.1 Å². The first-order valence-corrected chi connectivity index (χ1v) is 9.89. The first-order valence-electron chi connectivity index (χ1n) is 9.89. The summed E-state index contributed by atoms with van der Waals surface area (Å²) in [5.41, 5.74) is 7.25. The van der Waals surface area contributed by atoms with Gasteiger partial charge < -0.3 is 25.9 Å². The Morgan fingerprint density at radius 1 is 1.38 bits per heavy atom. The lowest BCUT2D eigenvalue weighted by Gasteiger charge is -2.23. The lowest BCUT2D eigenvalue weighted by Crippen LogP contribution is -2.51. The number of nitrogens with two attached hydrogens (primary N) is 1. The van der Waals surface area contributed by atoms with Gasteiger partial charge in [0.15, 0.2) is 0 Å². The monoisotopic (exact) mass is 401 g/mol. The van der Waals surface area contributed by atoms with Crippen molar-refractivity contribution >= 4 is 23.4 Å². The van der Waals surface area contributed by atoms with Crippen molar-refractivity contribution < 1.29 is 19.5 Å². The molecule has 0 aliphatic heterocycles. The molecule has 156 valence electrons. The van der Waals surface area contributed by atoms with Gasteiger partial charge in [0.05, 0.1) is 17.2 Å². The van der Waals surface area contributed by atoms with Gasteiger partial charge in [0.1, 0.15) is 11.7 Å². The topological polar surface area (TPSA) is 139 Å². The lowest BCUT2D eigenvalue weighted by atomic mass is 10.0. The van der Waals surface area contributed by atoms with Gasteiger partial charge in [-0.15, -0.1) is 0 Å². The Balaban J connectivity index is 1.74. The van der Waals surface area contributed by atoms with Crippen LogP contribution in [0.5, 0.6) is 0 Å². The van der Waals surface area contributed by atoms with Crippen molar-refractivity contribution in [2.24, 2.45) is 11.7 Å². The molecule has 1 saturated carbocycles. The van der Waals surface area contributed by atoms with Gasteiger partial charge in [0.2, 0.25) is 5.91 Å². The number of fused-ring (bicyclic) bond motifs is 1. The largest absolute Gasteiger partial charge is 0.481 e. The van der Waals surface area contributed by atoms with Gasteiger partial charge in [0, 0.05) is 18.4 Å². The average molecular weight is 401 g/mol. The number of amides is 2. The molecule has 1 fully saturated rings. The molecular formula is C20H27N5O4. The number of carbonyl (C=O) groups excluding carboxylic acids is 2. The Kier molecular flexibility index (Phi) is 6.48. The standard InChI is InChI=1S/C20H27N5O4/c1-12-11-25-10-4-6-14(17(25)22-12)18(26)24-16(8-3-9-21)19(27)23-15-7-2-5-13(15)20(28)29/h4,6,10-11,13,15-16H,2-3,5,7-9,21H2,1H3,(H,23,27)(H,24,26)(H,28,29)/t13-,15+,16+/m1/s1. The quantitative estimate of drug-likeness (QED) is 0.517. The fourth-order valence-electron chi connectivity index (χ4n) is 3.85. The maximum atomic E-state index is 12.9. The Bertz CT molecular complexity index is 909. The van der Waals surface area contributed by atoms with Crippen molar-refractivity contribution in [3.63, 3.8) is 0 Å². The maximum Gasteiger partial charge on any atom is 0.308 e. The van der Waals surface area contributed by atoms with E-state index in [9.17, 15) is 19.5 Å². The molecule has 3 rings (SSSR count). The van der Waals surface area contributed by atoms with Crippen LogP contribution in [-0.4, -0.2) is 50.9 Å². The average Bonchev–Trinajstić information content (AvgIpc) is 3.29. The smallest absolute Gasteiger partial charge is 0.308 e. The number of carbonyl (C=O) groups is 3. The Morgan fingerprint density at radius 2 is 2.17 bits per heavy atom. The predicted molar refractivity (Wildman–Crippen MR) is 106 cm³/mol. The van der Waals surface area contributed by atoms with Gasteiger partial charge in [0.25, 0.3) is 5.91 Å². The fraction of sp³-hybridized carbons (Fsp3) is 0.500. The first-order chi connectivity index (χ1) is 13.9. The molecule has 3 atom stereocenters. The summed E-state index contributed by atoms with van der Waals surface area (Å²) in [6.07, 6.45) is 6.46. The summed E-state index contributed by atoms with van der Waals surface area (Å²) in [5.74, 6) is -2.28. The summed E-state index contributed by atoms with van der Waals surface area (Å²) >= 11 is 0. The van der Waals surface area contributed by atoms with Crippen LogP contribution >= 0.6 is 0 Å². The summed E-state index contributed by atoms with van der Waals surface area (Å²) in [6, 6.07) is 2.19. The number of hydrogen-bond acceptors (Lipinski definition) is 5. The predicted octanol–water partition coefficient (Wildman–Crippen LogP) is 0.850. The highest BCUT2D eigenvalue weighted by Gasteiger charge is 2.35. The molecule has 0 bridgehead atoms. The zero-order valence-electron chi connectivity index (χ0n) is 16.4. The van der Waals surface area contributed by atoms with Gasteiger partial charge in [-0.1, -0.05) is 6.42 Å². The number of imidazole rings is 1. The molecule has 0 spiro atoms. The van der Waals surface area contributed by atoms with Crippen molar-refractivity contribution in [2.45, 2.75) is 51.1 Å². The van der Waals surface area contributed by atoms with E-state index >= 15 is 0 Å². The first kappa shape index (κ1) is 20.8. The van der Waals surface area contributed by atoms with Crippen LogP contribution in [0.1, 0.15) is 48.2 Å². The summed E-state index contributed by atoms with van der Waals surface area (Å²) in [5, 5.41) is 14.9. The molecule has 9 heteroatoms. The van der Waals surface area contributed by atoms with Crippen LogP contribution in [0, 0.1) is 12.8 Å². The highest BCUT2D eigenvalue weighted by atomic mass is 16.4. The van der Waals surface area contributed by atoms with Crippen molar-refractivity contribution in [1.82, 2.24) is 20.0 Å². The van der Waals surface area contributed by atoms with E-state index in [4.69, 9.17) is 5.73 Å². The molecule has 2 amide bonds. The zero-order chi connectivity index (χ0) is 21.0. The summed E-state index contributed by atoms with van der Waals surface area (Å²) in [6.45, 7) is 2.22. The van der Waals surface area contributed by atoms with Crippen molar-refractivity contribution in [3.05, 3.63) is 35.8 Å². The van der Waals surface area contributed by atoms with Gasteiger partial charge >= 0.3 is 5.97 Å². The number of hydrogen-bond donors (Lipinski definition) is 4. The Labute approximate surface area is 168 Å². The number of nitrogens with one attached hydrogen (secondary N) is 2. The van der Waals surface area contributed by atoms with Crippen LogP contribution in [0.2, 0.25) is 0 Å². The molecule has 0 saturated heterocycles. The fourth-order valence-corrected chi connectivity index (χ4v) is 3.85. The minimum absolute atomic E-state index is 0.370. The van der Waals surface area contributed by atoms with E-state index in [2.05, 4.69) is 15.6 Å². The van der Waals surface area contributed by atoms with Gasteiger partial charge in [-0.2, -0.15) is 0 Å². The molecule has 9 nitrogen and oxygen atoms in total. The van der Waals surface area contributed by atoms with Crippen LogP contribution in [-0.2, 0) is 9.59 Å². The lowest BCUT2D eigenvalue weighted by molar-refractivity contribution is -0.142. The number of aliphatic carboxylic acids is 1. The van der Waals surface area contributed by atoms with Gasteiger partial charge in [-0.3, -0.25) is 14.4 Å². The third-order valence-electron chi connectivity index (χ3n) is 5.33. The number of nitrogens with zero attached hydrogens (tertiary/aromatic N) is 2. The highest BCUT2D eigenvalue weighted by molar-refractivity contribution is 6.02. The van der Waals surface area contributed by atoms with E-state index in [0.717, 1.165) is 12.1 Å². The number of carboxylic acids is 1. The Hall–Kier alpha value is -2.94. The third kappa shape index (κ3) is 4.73. The minimum atomic E-state index is -0.906. The summed E-state index contributed by atoms with van der Waals surface area (Å²) in [4.78, 5) is 41.5. The molecule has 2 aromatic rings. The number of pyridine rings is 1. The van der Waals surface area contributed by atoms with E-state index in [1.165, 1.54) is 0 Å². The molecule has 1 aliphatic rings. The van der Waals surface area contributed by atoms with Crippen LogP contribution in [0.3, 0.4) is 0 Å². The second kappa shape index (κ2) is 9.04. The molecule has 2 aromatic heterocycles. The van der Waals surface area contributed by atoms with Crippen LogP contribution in [0.15, 0.2) is 24.5 Å². The minimum Gasteiger partial charge on any atom is -0.481 e. The molecule has 1 aliphatic carbocycles. The van der Waals surface area contributed by atoms with Crippen LogP contribution < -0.4 is 16.4 Å². The van der Waals surface area contributed by atoms with E-state index in [1.54, 1.807) is 22.7 Å². The molecule has 0 unspecified atom stereocenters. The molecule has 2 heterocycles. The summed E-state index contributed by atoms with van der Waals surface area (Å²) < 4.78 is 1.76. The molecular weight excluding hydrogens is 374 g/mol. The summed E-state index contributed by atoms with van der Waals surface area (Å²) in [7, 11) is 0. The van der Waals surface area contributed by atoms with E-state index in [0.29, 0.717) is 43.4 Å². The third-order valence-corrected chi connectivity index (χ3v) is 5.33. The molecule has 29 heavy (non-hydrogen) atoms. The molecule has 0 radical (unpaired) electrons. The SMILES string of the molecule is Cc1cn2cccc(C(=O)N[C@@H](CCCN)C(=O)N[C@H]3CCC[C@H]3C(=O)O)c2n1. The Morgan fingerprint density at radius 3 is 2.90 bits per heavy atom. The van der Waals surface area contributed by atoms with Crippen molar-refractivity contribution in [2.75, 3.05) is 6.54 Å². The second-order valence-corrected chi connectivity index (χ2v) is 7.48. The number of rotatable bonds is 8. The van der Waals surface area contributed by atoms with Gasteiger partial charge in [-0.05, 0) is 51.3 Å². The maximum absolute atomic E-state index is 12.9. The van der Waals surface area contributed by atoms with E-state index in [-0.39, 0.29) is 5.91 Å². The zero-order valence-corrected chi connectivity index (χ0v) is 16.4. The van der Waals surface area contributed by atoms with Crippen LogP contribution in [0.25, 0.3) is 5.65 Å². The normalized spacial score (nSPS) is 19.8. The second-order valence-electron chi connectivity index (χ2n) is 7.48. The van der Waals surface area contributed by atoms with Crippen molar-refractivity contribution in [3.8, 4) is 0 Å². The molecule has 0 aromatic carbocycles.